The molecule has 15 heteroatoms. The van der Waals surface area contributed by atoms with Crippen molar-refractivity contribution in [2.75, 3.05) is 7.11 Å². The van der Waals surface area contributed by atoms with Gasteiger partial charge in [0.05, 0.1) is 72.5 Å². The van der Waals surface area contributed by atoms with Crippen LogP contribution in [0.2, 0.25) is 0 Å². The van der Waals surface area contributed by atoms with Gasteiger partial charge in [0.2, 0.25) is 11.6 Å². The summed E-state index contributed by atoms with van der Waals surface area (Å²) < 4.78 is 28.4. The number of ether oxygens (including phenoxy) is 5. The van der Waals surface area contributed by atoms with E-state index in [9.17, 15) is 49.2 Å². The van der Waals surface area contributed by atoms with Gasteiger partial charge in [-0.2, -0.15) is 0 Å². The molecule has 6 aliphatic rings. The molecule has 2 bridgehead atoms. The summed E-state index contributed by atoms with van der Waals surface area (Å²) in [6, 6.07) is 1.53. The third kappa shape index (κ3) is 3.74. The summed E-state index contributed by atoms with van der Waals surface area (Å²) in [5.74, 6) is -8.50. The van der Waals surface area contributed by atoms with Crippen molar-refractivity contribution in [1.29, 1.82) is 0 Å². The number of benzene rings is 2. The topological polar surface area (TPSA) is 233 Å². The van der Waals surface area contributed by atoms with Crippen LogP contribution in [0.25, 0.3) is 0 Å². The summed E-state index contributed by atoms with van der Waals surface area (Å²) in [7, 11) is 1.23. The number of phenolic OH excluding ortho intramolecular Hbond substituents is 3. The van der Waals surface area contributed by atoms with Crippen molar-refractivity contribution in [2.45, 2.75) is 100 Å². The molecule has 8 rings (SSSR count). The second kappa shape index (κ2) is 10.1. The van der Waals surface area contributed by atoms with Gasteiger partial charge in [-0.25, -0.2) is 0 Å². The molecular formula is C35H32O15. The van der Waals surface area contributed by atoms with E-state index in [0.29, 0.717) is 5.56 Å². The summed E-state index contributed by atoms with van der Waals surface area (Å²) in [4.78, 5) is 79.6. The molecule has 8 unspecified atom stereocenters. The van der Waals surface area contributed by atoms with Crippen molar-refractivity contribution in [2.24, 2.45) is 0 Å². The van der Waals surface area contributed by atoms with Crippen LogP contribution in [-0.4, -0.2) is 92.3 Å². The van der Waals surface area contributed by atoms with Gasteiger partial charge in [0.25, 0.3) is 0 Å². The number of aliphatic carboxylic acids is 1. The number of esters is 2. The number of hydrogen-bond acceptors (Lipinski definition) is 14. The molecule has 0 amide bonds. The number of carboxylic acid groups (broad SMARTS) is 1. The van der Waals surface area contributed by atoms with Crippen LogP contribution in [0.15, 0.2) is 6.07 Å². The summed E-state index contributed by atoms with van der Waals surface area (Å²) in [6.45, 7) is 4.18. The molecule has 262 valence electrons. The molecule has 4 N–H and O–H groups in total. The first-order valence-corrected chi connectivity index (χ1v) is 16.2. The van der Waals surface area contributed by atoms with Crippen molar-refractivity contribution in [1.82, 2.24) is 0 Å². The fourth-order valence-electron chi connectivity index (χ4n) is 9.46. The quantitative estimate of drug-likeness (QED) is 0.200. The number of Topliss-reactive ketones (excluding diaryl/α,β-unsaturated/α-hetero) is 3. The summed E-state index contributed by atoms with van der Waals surface area (Å²) >= 11 is 0. The summed E-state index contributed by atoms with van der Waals surface area (Å²) in [5, 5.41) is 45.2. The molecule has 0 radical (unpaired) electrons. The Kier molecular flexibility index (Phi) is 6.54. The van der Waals surface area contributed by atoms with Crippen LogP contribution in [-0.2, 0) is 50.1 Å². The SMILES string of the molecule is COC(=O)CC1Cc2cc3c(c(O)c2C(C)O1)C(=O)C1CC3(OC(C)=O)c2c(O)c3c(c(O)c21)C(=O)C12OC1(CC(CC(=O)O)OC2C)C3=O. The van der Waals surface area contributed by atoms with Crippen molar-refractivity contribution in [3.8, 4) is 17.2 Å². The van der Waals surface area contributed by atoms with E-state index in [1.54, 1.807) is 6.92 Å². The highest BCUT2D eigenvalue weighted by atomic mass is 16.7. The first-order chi connectivity index (χ1) is 23.5. The number of ketones is 3. The van der Waals surface area contributed by atoms with Gasteiger partial charge in [0.1, 0.15) is 17.2 Å². The number of phenols is 3. The van der Waals surface area contributed by atoms with Crippen molar-refractivity contribution in [3.63, 3.8) is 0 Å². The molecule has 0 aromatic heterocycles. The van der Waals surface area contributed by atoms with E-state index in [1.807, 2.05) is 0 Å². The molecule has 0 saturated carbocycles. The number of hydrogen-bond donors (Lipinski definition) is 4. The predicted octanol–water partition coefficient (Wildman–Crippen LogP) is 2.40. The minimum absolute atomic E-state index is 0.0181. The molecule has 2 fully saturated rings. The second-order valence-corrected chi connectivity index (χ2v) is 13.9. The molecule has 2 saturated heterocycles. The van der Waals surface area contributed by atoms with Crippen LogP contribution < -0.4 is 0 Å². The van der Waals surface area contributed by atoms with Gasteiger partial charge in [-0.1, -0.05) is 0 Å². The Morgan fingerprint density at radius 3 is 2.24 bits per heavy atom. The first kappa shape index (κ1) is 32.4. The lowest BCUT2D eigenvalue weighted by molar-refractivity contribution is -0.154. The third-order valence-corrected chi connectivity index (χ3v) is 11.3. The number of epoxide rings is 1. The minimum Gasteiger partial charge on any atom is -0.507 e. The largest absolute Gasteiger partial charge is 0.507 e. The second-order valence-electron chi connectivity index (χ2n) is 13.9. The number of aromatic hydroxyl groups is 3. The minimum atomic E-state index is -2.02. The Bertz CT molecular complexity index is 2030. The first-order valence-electron chi connectivity index (χ1n) is 16.2. The van der Waals surface area contributed by atoms with E-state index in [-0.39, 0.29) is 53.5 Å². The fourth-order valence-corrected chi connectivity index (χ4v) is 9.46. The zero-order chi connectivity index (χ0) is 36.0. The van der Waals surface area contributed by atoms with Crippen LogP contribution in [0.3, 0.4) is 0 Å². The Hall–Kier alpha value is -4.86. The Morgan fingerprint density at radius 2 is 1.58 bits per heavy atom. The van der Waals surface area contributed by atoms with Gasteiger partial charge in [0.15, 0.2) is 22.6 Å². The molecule has 8 atom stereocenters. The highest BCUT2D eigenvalue weighted by Crippen LogP contribution is 2.69. The highest BCUT2D eigenvalue weighted by Gasteiger charge is 2.86. The number of carbonyl (C=O) groups excluding carboxylic acids is 5. The molecule has 2 aromatic carbocycles. The normalized spacial score (nSPS) is 34.0. The maximum Gasteiger partial charge on any atom is 0.308 e. The lowest BCUT2D eigenvalue weighted by Crippen LogP contribution is -2.57. The molecule has 2 aromatic rings. The molecule has 0 spiro atoms. The summed E-state index contributed by atoms with van der Waals surface area (Å²) in [6.07, 6.45) is -4.76. The van der Waals surface area contributed by atoms with Crippen LogP contribution >= 0.6 is 0 Å². The van der Waals surface area contributed by atoms with E-state index in [4.69, 9.17) is 23.7 Å². The van der Waals surface area contributed by atoms with Crippen LogP contribution in [0.1, 0.15) is 117 Å². The van der Waals surface area contributed by atoms with Gasteiger partial charge in [-0.3, -0.25) is 28.8 Å². The number of fused-ring (bicyclic) bond motifs is 9. The van der Waals surface area contributed by atoms with Gasteiger partial charge in [-0.05, 0) is 31.9 Å². The Morgan fingerprint density at radius 1 is 0.900 bits per heavy atom. The van der Waals surface area contributed by atoms with Gasteiger partial charge < -0.3 is 44.1 Å². The smallest absolute Gasteiger partial charge is 0.308 e. The van der Waals surface area contributed by atoms with Gasteiger partial charge in [0, 0.05) is 36.5 Å². The third-order valence-electron chi connectivity index (χ3n) is 11.3. The van der Waals surface area contributed by atoms with E-state index >= 15 is 0 Å². The van der Waals surface area contributed by atoms with E-state index in [0.717, 1.165) is 6.92 Å². The number of methoxy groups -OCH3 is 1. The molecule has 15 nitrogen and oxygen atoms in total. The van der Waals surface area contributed by atoms with E-state index in [1.165, 1.54) is 20.1 Å². The number of carboxylic acids is 1. The monoisotopic (exact) mass is 692 g/mol. The maximum absolute atomic E-state index is 14.4. The average molecular weight is 693 g/mol. The van der Waals surface area contributed by atoms with E-state index < -0.39 is 117 Å². The number of rotatable bonds is 5. The van der Waals surface area contributed by atoms with Gasteiger partial charge >= 0.3 is 17.9 Å². The van der Waals surface area contributed by atoms with Crippen molar-refractivity contribution >= 4 is 35.3 Å². The molecule has 3 aliphatic heterocycles. The van der Waals surface area contributed by atoms with Crippen LogP contribution in [0.5, 0.6) is 17.2 Å². The Labute approximate surface area is 283 Å². The van der Waals surface area contributed by atoms with Crippen molar-refractivity contribution in [3.05, 3.63) is 50.6 Å². The molecule has 3 aliphatic carbocycles. The zero-order valence-electron chi connectivity index (χ0n) is 27.3. The maximum atomic E-state index is 14.4. The lowest BCUT2D eigenvalue weighted by atomic mass is 9.66. The van der Waals surface area contributed by atoms with E-state index in [2.05, 4.69) is 0 Å². The Balaban J connectivity index is 1.35. The van der Waals surface area contributed by atoms with Crippen LogP contribution in [0.4, 0.5) is 0 Å². The molecule has 3 heterocycles. The fraction of sp³-hybridized carbons (Fsp3) is 0.486. The van der Waals surface area contributed by atoms with Gasteiger partial charge in [-0.15, -0.1) is 0 Å². The highest BCUT2D eigenvalue weighted by molar-refractivity contribution is 6.28. The molecule has 50 heavy (non-hydrogen) atoms. The lowest BCUT2D eigenvalue weighted by Gasteiger charge is -2.39. The predicted molar refractivity (Wildman–Crippen MR) is 162 cm³/mol. The van der Waals surface area contributed by atoms with Crippen LogP contribution in [0, 0.1) is 0 Å². The van der Waals surface area contributed by atoms with Crippen molar-refractivity contribution < 1.29 is 72.9 Å². The average Bonchev–Trinajstić information content (AvgIpc) is 3.65. The summed E-state index contributed by atoms with van der Waals surface area (Å²) in [5.41, 5.74) is -7.10. The number of carbonyl (C=O) groups is 6. The standard InChI is InChI=1S/C35H32O15/c1-11-21-14(5-15(47-11)8-20(39)46-4)6-18-23(28(21)41)27(40)17-10-33(18,49-13(3)36)26-22(17)29(42)24-25(30(26)43)31(44)34-9-16(7-19(37)38)48-12(2)35(34,50-34)32(24)45/h6,11-12,15-17,41-43H,5,7-10H2,1-4H3,(H,37,38). The molecular weight excluding hydrogens is 660 g/mol. The zero-order valence-corrected chi connectivity index (χ0v) is 27.3.